The molecule has 0 amide bonds. The van der Waals surface area contributed by atoms with Gasteiger partial charge in [-0.05, 0) is 27.3 Å². The van der Waals surface area contributed by atoms with Gasteiger partial charge >= 0.3 is 5.97 Å². The third-order valence-electron chi connectivity index (χ3n) is 3.08. The molecule has 5 nitrogen and oxygen atoms in total. The van der Waals surface area contributed by atoms with Crippen molar-refractivity contribution in [3.05, 3.63) is 0 Å². The lowest BCUT2D eigenvalue weighted by molar-refractivity contribution is -0.147. The minimum atomic E-state index is -0.887. The quantitative estimate of drug-likeness (QED) is 0.739. The number of nitrogens with zero attached hydrogens (tertiary/aromatic N) is 1. The second-order valence-corrected chi connectivity index (χ2v) is 5.49. The largest absolute Gasteiger partial charge is 0.480 e. The van der Waals surface area contributed by atoms with Crippen molar-refractivity contribution in [2.75, 3.05) is 32.8 Å². The molecular weight excluding hydrogens is 220 g/mol. The molecule has 0 aromatic rings. The molecular formula is C12H24N2O3. The molecule has 1 unspecified atom stereocenters. The molecule has 5 heteroatoms. The first-order chi connectivity index (χ1) is 7.79. The molecule has 1 aliphatic rings. The first-order valence-electron chi connectivity index (χ1n) is 6.14. The van der Waals surface area contributed by atoms with Crippen molar-refractivity contribution in [1.82, 2.24) is 10.2 Å². The Kier molecular flexibility index (Phi) is 4.52. The second-order valence-electron chi connectivity index (χ2n) is 5.49. The molecule has 17 heavy (non-hydrogen) atoms. The van der Waals surface area contributed by atoms with Crippen LogP contribution in [0.3, 0.4) is 0 Å². The van der Waals surface area contributed by atoms with Crippen LogP contribution in [-0.4, -0.2) is 59.9 Å². The van der Waals surface area contributed by atoms with Crippen molar-refractivity contribution >= 4 is 5.97 Å². The number of carboxylic acid groups (broad SMARTS) is 1. The summed E-state index contributed by atoms with van der Waals surface area (Å²) < 4.78 is 5.62. The van der Waals surface area contributed by atoms with Crippen molar-refractivity contribution in [3.8, 4) is 0 Å². The predicted octanol–water partition coefficient (Wildman–Crippen LogP) is 0.550. The van der Waals surface area contributed by atoms with Gasteiger partial charge in [-0.3, -0.25) is 9.69 Å². The Labute approximate surface area is 103 Å². The zero-order chi connectivity index (χ0) is 13.1. The van der Waals surface area contributed by atoms with E-state index in [1.807, 2.05) is 20.8 Å². The third kappa shape index (κ3) is 3.94. The standard InChI is InChI=1S/C12H24N2O3/c1-5-13-12(4,10(15)16)9-14-6-7-17-11(2,3)8-14/h13H,5-9H2,1-4H3,(H,15,16). The fourth-order valence-electron chi connectivity index (χ4n) is 2.29. The highest BCUT2D eigenvalue weighted by molar-refractivity contribution is 5.78. The molecule has 1 rings (SSSR count). The number of nitrogens with one attached hydrogen (secondary N) is 1. The Morgan fingerprint density at radius 2 is 2.24 bits per heavy atom. The van der Waals surface area contributed by atoms with Crippen LogP contribution in [0.4, 0.5) is 0 Å². The Hall–Kier alpha value is -0.650. The molecule has 0 aromatic carbocycles. The number of morpholine rings is 1. The number of likely N-dealkylation sites (N-methyl/N-ethyl adjacent to an activating group) is 1. The molecule has 1 aliphatic heterocycles. The highest BCUT2D eigenvalue weighted by Crippen LogP contribution is 2.18. The number of carbonyl (C=O) groups is 1. The number of aliphatic carboxylic acids is 1. The normalized spacial score (nSPS) is 24.2. The van der Waals surface area contributed by atoms with Gasteiger partial charge in [-0.1, -0.05) is 6.92 Å². The molecule has 0 aliphatic carbocycles. The van der Waals surface area contributed by atoms with Gasteiger partial charge in [0.1, 0.15) is 5.54 Å². The fraction of sp³-hybridized carbons (Fsp3) is 0.917. The van der Waals surface area contributed by atoms with Crippen LogP contribution < -0.4 is 5.32 Å². The van der Waals surface area contributed by atoms with Gasteiger partial charge in [0.25, 0.3) is 0 Å². The van der Waals surface area contributed by atoms with Crippen molar-refractivity contribution in [3.63, 3.8) is 0 Å². The zero-order valence-electron chi connectivity index (χ0n) is 11.2. The van der Waals surface area contributed by atoms with Crippen molar-refractivity contribution in [1.29, 1.82) is 0 Å². The summed E-state index contributed by atoms with van der Waals surface area (Å²) in [7, 11) is 0. The first kappa shape index (κ1) is 14.4. The van der Waals surface area contributed by atoms with Crippen LogP contribution in [0.5, 0.6) is 0 Å². The summed E-state index contributed by atoms with van der Waals surface area (Å²) in [4.78, 5) is 13.5. The Morgan fingerprint density at radius 1 is 1.59 bits per heavy atom. The monoisotopic (exact) mass is 244 g/mol. The van der Waals surface area contributed by atoms with E-state index in [0.717, 1.165) is 13.1 Å². The van der Waals surface area contributed by atoms with Crippen LogP contribution in [0.1, 0.15) is 27.7 Å². The zero-order valence-corrected chi connectivity index (χ0v) is 11.2. The molecule has 1 fully saturated rings. The Bertz CT molecular complexity index is 281. The first-order valence-corrected chi connectivity index (χ1v) is 6.14. The molecule has 100 valence electrons. The van der Waals surface area contributed by atoms with Gasteiger partial charge in [0.05, 0.1) is 12.2 Å². The van der Waals surface area contributed by atoms with Gasteiger partial charge in [0.15, 0.2) is 0 Å². The van der Waals surface area contributed by atoms with E-state index in [2.05, 4.69) is 10.2 Å². The second kappa shape index (κ2) is 5.33. The van der Waals surface area contributed by atoms with E-state index < -0.39 is 11.5 Å². The van der Waals surface area contributed by atoms with E-state index in [4.69, 9.17) is 4.74 Å². The maximum Gasteiger partial charge on any atom is 0.324 e. The topological polar surface area (TPSA) is 61.8 Å². The van der Waals surface area contributed by atoms with E-state index in [9.17, 15) is 9.90 Å². The lowest BCUT2D eigenvalue weighted by Gasteiger charge is -2.41. The molecule has 0 radical (unpaired) electrons. The number of hydrogen-bond acceptors (Lipinski definition) is 4. The number of carboxylic acids is 1. The van der Waals surface area contributed by atoms with Crippen LogP contribution in [0.2, 0.25) is 0 Å². The third-order valence-corrected chi connectivity index (χ3v) is 3.08. The molecule has 1 atom stereocenters. The summed E-state index contributed by atoms with van der Waals surface area (Å²) in [5.74, 6) is -0.802. The molecule has 2 N–H and O–H groups in total. The van der Waals surface area contributed by atoms with Gasteiger partial charge < -0.3 is 15.2 Å². The molecule has 0 aromatic heterocycles. The highest BCUT2D eigenvalue weighted by atomic mass is 16.5. The molecule has 1 heterocycles. The van der Waals surface area contributed by atoms with E-state index in [0.29, 0.717) is 19.7 Å². The van der Waals surface area contributed by atoms with Crippen LogP contribution in [0.25, 0.3) is 0 Å². The molecule has 0 saturated carbocycles. The van der Waals surface area contributed by atoms with Gasteiger partial charge in [-0.25, -0.2) is 0 Å². The summed E-state index contributed by atoms with van der Waals surface area (Å²) in [6, 6.07) is 0. The minimum absolute atomic E-state index is 0.191. The molecule has 1 saturated heterocycles. The van der Waals surface area contributed by atoms with Gasteiger partial charge in [0, 0.05) is 19.6 Å². The van der Waals surface area contributed by atoms with Crippen LogP contribution >= 0.6 is 0 Å². The van der Waals surface area contributed by atoms with Gasteiger partial charge in [0.2, 0.25) is 0 Å². The number of hydrogen-bond donors (Lipinski definition) is 2. The summed E-state index contributed by atoms with van der Waals surface area (Å²) in [6.45, 7) is 11.1. The average molecular weight is 244 g/mol. The smallest absolute Gasteiger partial charge is 0.324 e. The van der Waals surface area contributed by atoms with Crippen molar-refractivity contribution in [2.24, 2.45) is 0 Å². The van der Waals surface area contributed by atoms with E-state index in [1.165, 1.54) is 0 Å². The molecule has 0 spiro atoms. The summed E-state index contributed by atoms with van der Waals surface area (Å²) in [6.07, 6.45) is 0. The summed E-state index contributed by atoms with van der Waals surface area (Å²) in [5.41, 5.74) is -1.08. The van der Waals surface area contributed by atoms with Gasteiger partial charge in [-0.15, -0.1) is 0 Å². The fourth-order valence-corrected chi connectivity index (χ4v) is 2.29. The van der Waals surface area contributed by atoms with Crippen LogP contribution in [0.15, 0.2) is 0 Å². The number of rotatable bonds is 5. The Balaban J connectivity index is 2.64. The van der Waals surface area contributed by atoms with Gasteiger partial charge in [-0.2, -0.15) is 0 Å². The minimum Gasteiger partial charge on any atom is -0.480 e. The maximum absolute atomic E-state index is 11.3. The van der Waals surface area contributed by atoms with E-state index in [-0.39, 0.29) is 5.60 Å². The predicted molar refractivity (Wildman–Crippen MR) is 66.2 cm³/mol. The SMILES string of the molecule is CCNC(C)(CN1CCOC(C)(C)C1)C(=O)O. The van der Waals surface area contributed by atoms with Crippen molar-refractivity contribution in [2.45, 2.75) is 38.8 Å². The highest BCUT2D eigenvalue weighted by Gasteiger charge is 2.37. The maximum atomic E-state index is 11.3. The average Bonchev–Trinajstić information content (AvgIpc) is 2.15. The number of ether oxygens (including phenoxy) is 1. The van der Waals surface area contributed by atoms with Crippen LogP contribution in [0, 0.1) is 0 Å². The Morgan fingerprint density at radius 3 is 2.71 bits per heavy atom. The van der Waals surface area contributed by atoms with E-state index in [1.54, 1.807) is 6.92 Å². The molecule has 0 bridgehead atoms. The summed E-state index contributed by atoms with van der Waals surface area (Å²) >= 11 is 0. The lowest BCUT2D eigenvalue weighted by Crippen LogP contribution is -2.60. The van der Waals surface area contributed by atoms with Crippen molar-refractivity contribution < 1.29 is 14.6 Å². The lowest BCUT2D eigenvalue weighted by atomic mass is 9.99. The van der Waals surface area contributed by atoms with E-state index >= 15 is 0 Å². The van der Waals surface area contributed by atoms with Crippen LogP contribution in [-0.2, 0) is 9.53 Å². The summed E-state index contributed by atoms with van der Waals surface area (Å²) in [5, 5.41) is 12.4.